The van der Waals surface area contributed by atoms with Crippen LogP contribution in [-0.2, 0) is 6.42 Å². The van der Waals surface area contributed by atoms with Crippen molar-refractivity contribution in [2.24, 2.45) is 0 Å². The number of thiazole rings is 1. The van der Waals surface area contributed by atoms with E-state index in [9.17, 15) is 0 Å². The Kier molecular flexibility index (Phi) is 5.43. The Morgan fingerprint density at radius 1 is 1.32 bits per heavy atom. The number of hydrogen-bond acceptors (Lipinski definition) is 4. The minimum absolute atomic E-state index is 0.468. The van der Waals surface area contributed by atoms with Crippen LogP contribution in [0.3, 0.4) is 0 Å². The van der Waals surface area contributed by atoms with E-state index in [2.05, 4.69) is 53.8 Å². The molecule has 2 aromatic rings. The number of rotatable bonds is 6. The molecule has 0 spiro atoms. The van der Waals surface area contributed by atoms with Gasteiger partial charge in [0.15, 0.2) is 0 Å². The average molecular weight is 292 g/mol. The lowest BCUT2D eigenvalue weighted by atomic mass is 10.2. The zero-order valence-corrected chi connectivity index (χ0v) is 13.3. The fraction of sp³-hybridized carbons (Fsp3) is 0.400. The van der Waals surface area contributed by atoms with Gasteiger partial charge in [0.25, 0.3) is 0 Å². The van der Waals surface area contributed by atoms with Gasteiger partial charge in [-0.25, -0.2) is 4.98 Å². The molecular formula is C15H20N2S2. The first-order valence-electron chi connectivity index (χ1n) is 6.45. The zero-order valence-electron chi connectivity index (χ0n) is 11.6. The van der Waals surface area contributed by atoms with Crippen LogP contribution in [0, 0.1) is 13.8 Å². The van der Waals surface area contributed by atoms with Gasteiger partial charge in [-0.3, -0.25) is 0 Å². The molecule has 1 atom stereocenters. The third kappa shape index (κ3) is 4.34. The number of aromatic nitrogens is 1. The minimum atomic E-state index is 0.468. The molecule has 102 valence electrons. The summed E-state index contributed by atoms with van der Waals surface area (Å²) in [6, 6.07) is 9.03. The van der Waals surface area contributed by atoms with Crippen LogP contribution in [0.1, 0.15) is 16.3 Å². The van der Waals surface area contributed by atoms with Crippen LogP contribution in [-0.4, -0.2) is 23.8 Å². The number of likely N-dealkylation sites (N-methyl/N-ethyl adjacent to an activating group) is 1. The van der Waals surface area contributed by atoms with E-state index in [4.69, 9.17) is 0 Å². The number of benzene rings is 1. The Balaban J connectivity index is 1.91. The van der Waals surface area contributed by atoms with Gasteiger partial charge in [0.1, 0.15) is 0 Å². The van der Waals surface area contributed by atoms with E-state index in [1.54, 1.807) is 11.3 Å². The number of hydrogen-bond donors (Lipinski definition) is 1. The van der Waals surface area contributed by atoms with E-state index < -0.39 is 0 Å². The van der Waals surface area contributed by atoms with Crippen LogP contribution in [0.4, 0.5) is 0 Å². The summed E-state index contributed by atoms with van der Waals surface area (Å²) >= 11 is 3.68. The van der Waals surface area contributed by atoms with Crippen molar-refractivity contribution in [3.05, 3.63) is 45.9 Å². The van der Waals surface area contributed by atoms with Gasteiger partial charge in [-0.2, -0.15) is 0 Å². The molecule has 0 aliphatic heterocycles. The first kappa shape index (κ1) is 14.6. The van der Waals surface area contributed by atoms with Crippen molar-refractivity contribution >= 4 is 23.1 Å². The number of nitrogens with one attached hydrogen (secondary N) is 1. The maximum Gasteiger partial charge on any atom is 0.0943 e. The van der Waals surface area contributed by atoms with Crippen LogP contribution in [0.5, 0.6) is 0 Å². The van der Waals surface area contributed by atoms with Crippen molar-refractivity contribution in [3.63, 3.8) is 0 Å². The molecule has 0 saturated heterocycles. The van der Waals surface area contributed by atoms with E-state index in [0.29, 0.717) is 6.04 Å². The Bertz CT molecular complexity index is 522. The molecule has 0 amide bonds. The fourth-order valence-electron chi connectivity index (χ4n) is 1.86. The van der Waals surface area contributed by atoms with E-state index in [0.717, 1.165) is 17.9 Å². The molecular weight excluding hydrogens is 272 g/mol. The van der Waals surface area contributed by atoms with Gasteiger partial charge >= 0.3 is 0 Å². The van der Waals surface area contributed by atoms with Crippen LogP contribution in [0.15, 0.2) is 34.5 Å². The van der Waals surface area contributed by atoms with E-state index in [-0.39, 0.29) is 0 Å². The number of thioether (sulfide) groups is 1. The largest absolute Gasteiger partial charge is 0.316 e. The molecule has 1 heterocycles. The second-order valence-corrected chi connectivity index (χ2v) is 6.65. The van der Waals surface area contributed by atoms with E-state index >= 15 is 0 Å². The molecule has 1 N–H and O–H groups in total. The maximum atomic E-state index is 4.54. The molecule has 0 aliphatic carbocycles. The van der Waals surface area contributed by atoms with Crippen molar-refractivity contribution in [1.29, 1.82) is 0 Å². The van der Waals surface area contributed by atoms with Crippen LogP contribution >= 0.6 is 23.1 Å². The molecule has 2 rings (SSSR count). The number of aryl methyl sites for hydroxylation is 2. The second-order valence-electron chi connectivity index (χ2n) is 4.65. The molecule has 0 aliphatic rings. The van der Waals surface area contributed by atoms with E-state index in [1.165, 1.54) is 15.5 Å². The second kappa shape index (κ2) is 7.08. The lowest BCUT2D eigenvalue weighted by Crippen LogP contribution is -2.30. The monoisotopic (exact) mass is 292 g/mol. The Hall–Kier alpha value is -0.840. The smallest absolute Gasteiger partial charge is 0.0943 e. The standard InChI is InChI=1S/C15H20N2S2/c1-11-6-4-5-7-14(11)18-10-13(16-3)8-15-17-12(2)9-19-15/h4-7,9,13,16H,8,10H2,1-3H3. The molecule has 0 saturated carbocycles. The normalized spacial score (nSPS) is 12.6. The van der Waals surface area contributed by atoms with Crippen molar-refractivity contribution < 1.29 is 0 Å². The van der Waals surface area contributed by atoms with Crippen LogP contribution in [0.2, 0.25) is 0 Å². The molecule has 0 bridgehead atoms. The third-order valence-electron chi connectivity index (χ3n) is 3.03. The van der Waals surface area contributed by atoms with E-state index in [1.807, 2.05) is 18.8 Å². The first-order valence-corrected chi connectivity index (χ1v) is 8.32. The first-order chi connectivity index (χ1) is 9.19. The highest BCUT2D eigenvalue weighted by atomic mass is 32.2. The summed E-state index contributed by atoms with van der Waals surface area (Å²) < 4.78 is 0. The van der Waals surface area contributed by atoms with Crippen molar-refractivity contribution in [2.45, 2.75) is 31.2 Å². The lowest BCUT2D eigenvalue weighted by Gasteiger charge is -2.15. The minimum Gasteiger partial charge on any atom is -0.316 e. The van der Waals surface area contributed by atoms with Gasteiger partial charge in [0.05, 0.1) is 5.01 Å². The maximum absolute atomic E-state index is 4.54. The van der Waals surface area contributed by atoms with Gasteiger partial charge in [-0.05, 0) is 32.5 Å². The molecule has 2 nitrogen and oxygen atoms in total. The van der Waals surface area contributed by atoms with Gasteiger partial charge in [-0.1, -0.05) is 18.2 Å². The quantitative estimate of drug-likeness (QED) is 0.822. The molecule has 0 radical (unpaired) electrons. The Labute approximate surface area is 123 Å². The highest BCUT2D eigenvalue weighted by Crippen LogP contribution is 2.23. The van der Waals surface area contributed by atoms with Gasteiger partial charge in [-0.15, -0.1) is 23.1 Å². The highest BCUT2D eigenvalue weighted by molar-refractivity contribution is 7.99. The summed E-state index contributed by atoms with van der Waals surface area (Å²) in [7, 11) is 2.03. The Morgan fingerprint density at radius 3 is 2.74 bits per heavy atom. The lowest BCUT2D eigenvalue weighted by molar-refractivity contribution is 0.615. The van der Waals surface area contributed by atoms with Gasteiger partial charge in [0.2, 0.25) is 0 Å². The molecule has 1 aromatic carbocycles. The predicted octanol–water partition coefficient (Wildman–Crippen LogP) is 3.68. The molecule has 19 heavy (non-hydrogen) atoms. The SMILES string of the molecule is CNC(CSc1ccccc1C)Cc1nc(C)cs1. The van der Waals surface area contributed by atoms with Crippen molar-refractivity contribution in [3.8, 4) is 0 Å². The average Bonchev–Trinajstić information content (AvgIpc) is 2.81. The Morgan fingerprint density at radius 2 is 2.11 bits per heavy atom. The summed E-state index contributed by atoms with van der Waals surface area (Å²) in [4.78, 5) is 5.91. The van der Waals surface area contributed by atoms with Crippen molar-refractivity contribution in [2.75, 3.05) is 12.8 Å². The molecule has 1 unspecified atom stereocenters. The van der Waals surface area contributed by atoms with Crippen molar-refractivity contribution in [1.82, 2.24) is 10.3 Å². The molecule has 1 aromatic heterocycles. The summed E-state index contributed by atoms with van der Waals surface area (Å²) in [6.45, 7) is 4.22. The molecule has 4 heteroatoms. The van der Waals surface area contributed by atoms with Crippen LogP contribution in [0.25, 0.3) is 0 Å². The number of nitrogens with zero attached hydrogens (tertiary/aromatic N) is 1. The van der Waals surface area contributed by atoms with Gasteiger partial charge in [0, 0.05) is 34.2 Å². The van der Waals surface area contributed by atoms with Gasteiger partial charge < -0.3 is 5.32 Å². The highest BCUT2D eigenvalue weighted by Gasteiger charge is 2.11. The summed E-state index contributed by atoms with van der Waals surface area (Å²) in [5.74, 6) is 1.07. The predicted molar refractivity (Wildman–Crippen MR) is 85.3 cm³/mol. The van der Waals surface area contributed by atoms with Crippen LogP contribution < -0.4 is 5.32 Å². The topological polar surface area (TPSA) is 24.9 Å². The summed E-state index contributed by atoms with van der Waals surface area (Å²) in [6.07, 6.45) is 1.01. The summed E-state index contributed by atoms with van der Waals surface area (Å²) in [5.41, 5.74) is 2.48. The molecule has 0 fully saturated rings. The summed E-state index contributed by atoms with van der Waals surface area (Å²) in [5, 5.41) is 6.74. The third-order valence-corrected chi connectivity index (χ3v) is 5.36. The fourth-order valence-corrected chi connectivity index (χ4v) is 3.85. The zero-order chi connectivity index (χ0) is 13.7.